The minimum Gasteiger partial charge on any atom is -0.325 e. The molecule has 0 aliphatic heterocycles. The molecule has 0 atom stereocenters. The lowest BCUT2D eigenvalue weighted by Gasteiger charge is -2.06. The Morgan fingerprint density at radius 2 is 2.00 bits per heavy atom. The van der Waals surface area contributed by atoms with E-state index in [-0.39, 0.29) is 12.3 Å². The standard InChI is InChI=1S/C21H20N4OS3/c1-12-6-4-5-7-16(12)25-17(26)8-18-24-15(9-27-18)10-28-20-19-13(2)14(3)29-21(19)23-11-22-20/h4-7,9,11H,8,10H2,1-3H3,(H,25,26). The van der Waals surface area contributed by atoms with Crippen LogP contribution < -0.4 is 5.32 Å². The van der Waals surface area contributed by atoms with Crippen molar-refractivity contribution in [2.45, 2.75) is 38.0 Å². The first-order chi connectivity index (χ1) is 14.0. The molecule has 1 aromatic carbocycles. The Morgan fingerprint density at radius 1 is 1.17 bits per heavy atom. The number of anilines is 1. The summed E-state index contributed by atoms with van der Waals surface area (Å²) < 4.78 is 0. The van der Waals surface area contributed by atoms with Crippen LogP contribution in [-0.4, -0.2) is 20.9 Å². The number of rotatable bonds is 6. The molecule has 29 heavy (non-hydrogen) atoms. The summed E-state index contributed by atoms with van der Waals surface area (Å²) in [5, 5.41) is 7.94. The summed E-state index contributed by atoms with van der Waals surface area (Å²) >= 11 is 4.89. The average molecular weight is 441 g/mol. The summed E-state index contributed by atoms with van der Waals surface area (Å²) in [4.78, 5) is 28.2. The monoisotopic (exact) mass is 440 g/mol. The first-order valence-electron chi connectivity index (χ1n) is 9.13. The minimum atomic E-state index is -0.0465. The molecule has 5 nitrogen and oxygen atoms in total. The van der Waals surface area contributed by atoms with Crippen molar-refractivity contribution in [2.75, 3.05) is 5.32 Å². The van der Waals surface area contributed by atoms with Crippen LogP contribution in [0.1, 0.15) is 26.7 Å². The second-order valence-electron chi connectivity index (χ2n) is 6.70. The summed E-state index contributed by atoms with van der Waals surface area (Å²) in [5.41, 5.74) is 4.11. The number of hydrogen-bond acceptors (Lipinski definition) is 7. The second kappa shape index (κ2) is 8.61. The van der Waals surface area contributed by atoms with Crippen LogP contribution in [0, 0.1) is 20.8 Å². The molecule has 0 aliphatic carbocycles. The van der Waals surface area contributed by atoms with Crippen molar-refractivity contribution in [3.05, 3.63) is 62.7 Å². The van der Waals surface area contributed by atoms with Gasteiger partial charge in [0.15, 0.2) is 0 Å². The number of carbonyl (C=O) groups excluding carboxylic acids is 1. The van der Waals surface area contributed by atoms with E-state index in [2.05, 4.69) is 34.1 Å². The summed E-state index contributed by atoms with van der Waals surface area (Å²) in [7, 11) is 0. The van der Waals surface area contributed by atoms with Crippen molar-refractivity contribution in [2.24, 2.45) is 0 Å². The fraction of sp³-hybridized carbons (Fsp3) is 0.238. The van der Waals surface area contributed by atoms with E-state index in [0.29, 0.717) is 0 Å². The third kappa shape index (κ3) is 4.49. The molecular weight excluding hydrogens is 420 g/mol. The zero-order valence-corrected chi connectivity index (χ0v) is 18.8. The number of amides is 1. The number of para-hydroxylation sites is 1. The number of thiophene rings is 1. The largest absolute Gasteiger partial charge is 0.325 e. The topological polar surface area (TPSA) is 67.8 Å². The Morgan fingerprint density at radius 3 is 2.83 bits per heavy atom. The zero-order valence-electron chi connectivity index (χ0n) is 16.4. The van der Waals surface area contributed by atoms with Crippen molar-refractivity contribution in [3.63, 3.8) is 0 Å². The van der Waals surface area contributed by atoms with Crippen LogP contribution in [0.4, 0.5) is 5.69 Å². The Bertz CT molecular complexity index is 1180. The van der Waals surface area contributed by atoms with E-state index >= 15 is 0 Å². The Balaban J connectivity index is 1.40. The second-order valence-corrected chi connectivity index (χ2v) is 9.81. The van der Waals surface area contributed by atoms with E-state index in [1.807, 2.05) is 36.6 Å². The van der Waals surface area contributed by atoms with Gasteiger partial charge in [0.25, 0.3) is 0 Å². The van der Waals surface area contributed by atoms with Gasteiger partial charge in [-0.3, -0.25) is 4.79 Å². The molecule has 4 rings (SSSR count). The fourth-order valence-electron chi connectivity index (χ4n) is 2.94. The predicted octanol–water partition coefficient (Wildman–Crippen LogP) is 5.55. The van der Waals surface area contributed by atoms with E-state index in [1.165, 1.54) is 21.8 Å². The van der Waals surface area contributed by atoms with Crippen molar-refractivity contribution in [1.82, 2.24) is 15.0 Å². The highest BCUT2D eigenvalue weighted by atomic mass is 32.2. The third-order valence-corrected chi connectivity index (χ3v) is 7.65. The van der Waals surface area contributed by atoms with E-state index < -0.39 is 0 Å². The number of benzene rings is 1. The molecule has 0 radical (unpaired) electrons. The highest BCUT2D eigenvalue weighted by Gasteiger charge is 2.14. The molecule has 0 spiro atoms. The molecule has 3 aromatic heterocycles. The molecule has 0 fully saturated rings. The number of hydrogen-bond donors (Lipinski definition) is 1. The van der Waals surface area contributed by atoms with Gasteiger partial charge in [-0.25, -0.2) is 15.0 Å². The number of fused-ring (bicyclic) bond motifs is 1. The number of aromatic nitrogens is 3. The summed E-state index contributed by atoms with van der Waals surface area (Å²) in [5.74, 6) is 0.672. The minimum absolute atomic E-state index is 0.0465. The summed E-state index contributed by atoms with van der Waals surface area (Å²) in [6, 6.07) is 7.77. The Hall–Kier alpha value is -2.29. The maximum Gasteiger partial charge on any atom is 0.231 e. The quantitative estimate of drug-likeness (QED) is 0.315. The molecule has 4 aromatic rings. The molecule has 0 saturated heterocycles. The lowest BCUT2D eigenvalue weighted by atomic mass is 10.2. The molecule has 3 heterocycles. The van der Waals surface area contributed by atoms with Crippen molar-refractivity contribution in [3.8, 4) is 0 Å². The number of thiazole rings is 1. The number of nitrogens with one attached hydrogen (secondary N) is 1. The lowest BCUT2D eigenvalue weighted by molar-refractivity contribution is -0.115. The molecule has 0 bridgehead atoms. The summed E-state index contributed by atoms with van der Waals surface area (Å²) in [6.07, 6.45) is 1.91. The van der Waals surface area contributed by atoms with Gasteiger partial charge in [0, 0.05) is 27.1 Å². The molecule has 148 valence electrons. The van der Waals surface area contributed by atoms with Crippen LogP contribution in [0.15, 0.2) is 41.0 Å². The van der Waals surface area contributed by atoms with Gasteiger partial charge in [-0.1, -0.05) is 30.0 Å². The fourth-order valence-corrected chi connectivity index (χ4v) is 5.85. The molecule has 0 saturated carbocycles. The maximum atomic E-state index is 12.3. The molecule has 0 unspecified atom stereocenters. The van der Waals surface area contributed by atoms with E-state index in [0.717, 1.165) is 42.9 Å². The highest BCUT2D eigenvalue weighted by Crippen LogP contribution is 2.35. The van der Waals surface area contributed by atoms with Crippen LogP contribution >= 0.6 is 34.4 Å². The first kappa shape index (κ1) is 20.0. The van der Waals surface area contributed by atoms with Crippen LogP contribution in [0.25, 0.3) is 10.2 Å². The number of nitrogens with zero attached hydrogens (tertiary/aromatic N) is 3. The number of thioether (sulfide) groups is 1. The van der Waals surface area contributed by atoms with Gasteiger partial charge >= 0.3 is 0 Å². The van der Waals surface area contributed by atoms with Gasteiger partial charge in [-0.15, -0.1) is 22.7 Å². The number of aryl methyl sites for hydroxylation is 3. The van der Waals surface area contributed by atoms with Gasteiger partial charge in [0.1, 0.15) is 21.2 Å². The van der Waals surface area contributed by atoms with Crippen LogP contribution in [0.5, 0.6) is 0 Å². The summed E-state index contributed by atoms with van der Waals surface area (Å²) in [6.45, 7) is 6.22. The van der Waals surface area contributed by atoms with Gasteiger partial charge in [0.05, 0.1) is 12.1 Å². The van der Waals surface area contributed by atoms with Crippen molar-refractivity contribution < 1.29 is 4.79 Å². The Labute approximate surface area is 181 Å². The maximum absolute atomic E-state index is 12.3. The highest BCUT2D eigenvalue weighted by molar-refractivity contribution is 7.98. The van der Waals surface area contributed by atoms with Crippen molar-refractivity contribution in [1.29, 1.82) is 0 Å². The average Bonchev–Trinajstić information content (AvgIpc) is 3.26. The normalized spacial score (nSPS) is 11.1. The molecular formula is C21H20N4OS3. The van der Waals surface area contributed by atoms with Gasteiger partial charge in [-0.2, -0.15) is 0 Å². The van der Waals surface area contributed by atoms with Gasteiger partial charge in [-0.05, 0) is 38.0 Å². The molecule has 8 heteroatoms. The van der Waals surface area contributed by atoms with Crippen LogP contribution in [0.2, 0.25) is 0 Å². The first-order valence-corrected chi connectivity index (χ1v) is 11.8. The SMILES string of the molecule is Cc1ccccc1NC(=O)Cc1nc(CSc2ncnc3sc(C)c(C)c23)cs1. The third-order valence-electron chi connectivity index (χ3n) is 4.62. The van der Waals surface area contributed by atoms with Gasteiger partial charge in [0.2, 0.25) is 5.91 Å². The van der Waals surface area contributed by atoms with Gasteiger partial charge < -0.3 is 5.32 Å². The van der Waals surface area contributed by atoms with Crippen LogP contribution in [-0.2, 0) is 17.0 Å². The van der Waals surface area contributed by atoms with Crippen molar-refractivity contribution >= 4 is 56.2 Å². The lowest BCUT2D eigenvalue weighted by Crippen LogP contribution is -2.15. The Kier molecular flexibility index (Phi) is 5.94. The molecule has 1 N–H and O–H groups in total. The molecule has 1 amide bonds. The van der Waals surface area contributed by atoms with Crippen LogP contribution in [0.3, 0.4) is 0 Å². The predicted molar refractivity (Wildman–Crippen MR) is 122 cm³/mol. The van der Waals surface area contributed by atoms with E-state index in [1.54, 1.807) is 29.4 Å². The molecule has 0 aliphatic rings. The number of carbonyl (C=O) groups is 1. The van der Waals surface area contributed by atoms with E-state index in [9.17, 15) is 4.79 Å². The van der Waals surface area contributed by atoms with E-state index in [4.69, 9.17) is 0 Å². The zero-order chi connectivity index (χ0) is 20.4. The smallest absolute Gasteiger partial charge is 0.231 e.